The third-order valence-electron chi connectivity index (χ3n) is 6.86. The van der Waals surface area contributed by atoms with Crippen LogP contribution < -0.4 is 14.8 Å². The van der Waals surface area contributed by atoms with Crippen LogP contribution in [-0.4, -0.2) is 69.3 Å². The Labute approximate surface area is 223 Å². The molecule has 4 rings (SSSR count). The monoisotopic (exact) mass is 541 g/mol. The Morgan fingerprint density at radius 2 is 1.66 bits per heavy atom. The Morgan fingerprint density at radius 1 is 0.947 bits per heavy atom. The minimum atomic E-state index is -3.94. The summed E-state index contributed by atoms with van der Waals surface area (Å²) in [6.45, 7) is 1.79. The topological polar surface area (TPSA) is 107 Å². The smallest absolute Gasteiger partial charge is 0.242 e. The van der Waals surface area contributed by atoms with Gasteiger partial charge < -0.3 is 24.3 Å². The molecule has 204 valence electrons. The van der Waals surface area contributed by atoms with Gasteiger partial charge >= 0.3 is 0 Å². The fourth-order valence-electron chi connectivity index (χ4n) is 4.84. The molecule has 1 aromatic heterocycles. The SMILES string of the molecule is COc1ccc(CCNC(=O)CS(=O)(=O)c2cn(CC(=O)N3CCCCCC3)c3ccccc23)cc1OC. The largest absolute Gasteiger partial charge is 0.493 e. The summed E-state index contributed by atoms with van der Waals surface area (Å²) in [6, 6.07) is 12.6. The van der Waals surface area contributed by atoms with Crippen LogP contribution >= 0.6 is 0 Å². The van der Waals surface area contributed by atoms with Gasteiger partial charge in [0, 0.05) is 36.7 Å². The lowest BCUT2D eigenvalue weighted by molar-refractivity contribution is -0.131. The summed E-state index contributed by atoms with van der Waals surface area (Å²) >= 11 is 0. The van der Waals surface area contributed by atoms with Gasteiger partial charge in [-0.15, -0.1) is 0 Å². The van der Waals surface area contributed by atoms with Crippen molar-refractivity contribution in [3.63, 3.8) is 0 Å². The molecule has 0 bridgehead atoms. The minimum Gasteiger partial charge on any atom is -0.493 e. The molecule has 9 nitrogen and oxygen atoms in total. The molecule has 2 aromatic carbocycles. The van der Waals surface area contributed by atoms with Crippen molar-refractivity contribution in [2.24, 2.45) is 0 Å². The molecule has 2 amide bonds. The van der Waals surface area contributed by atoms with E-state index in [1.807, 2.05) is 23.1 Å². The van der Waals surface area contributed by atoms with E-state index in [-0.39, 0.29) is 23.9 Å². The van der Waals surface area contributed by atoms with Gasteiger partial charge in [-0.2, -0.15) is 0 Å². The van der Waals surface area contributed by atoms with E-state index in [0.29, 0.717) is 28.8 Å². The van der Waals surface area contributed by atoms with Crippen LogP contribution in [0.1, 0.15) is 31.2 Å². The van der Waals surface area contributed by atoms with E-state index in [1.165, 1.54) is 6.20 Å². The molecule has 3 aromatic rings. The Bertz CT molecular complexity index is 1390. The van der Waals surface area contributed by atoms with E-state index in [4.69, 9.17) is 9.47 Å². The zero-order valence-corrected chi connectivity index (χ0v) is 22.8. The van der Waals surface area contributed by atoms with Crippen LogP contribution in [0.25, 0.3) is 10.9 Å². The van der Waals surface area contributed by atoms with Crippen LogP contribution in [0, 0.1) is 0 Å². The zero-order valence-electron chi connectivity index (χ0n) is 21.9. The summed E-state index contributed by atoms with van der Waals surface area (Å²) in [4.78, 5) is 27.5. The zero-order chi connectivity index (χ0) is 27.1. The molecule has 0 saturated carbocycles. The molecule has 1 N–H and O–H groups in total. The van der Waals surface area contributed by atoms with Crippen LogP contribution in [0.3, 0.4) is 0 Å². The number of aromatic nitrogens is 1. The molecule has 0 spiro atoms. The number of rotatable bonds is 10. The first-order valence-corrected chi connectivity index (χ1v) is 14.5. The Hall–Kier alpha value is -3.53. The van der Waals surface area contributed by atoms with E-state index >= 15 is 0 Å². The highest BCUT2D eigenvalue weighted by atomic mass is 32.2. The third-order valence-corrected chi connectivity index (χ3v) is 8.49. The number of sulfone groups is 1. The quantitative estimate of drug-likeness (QED) is 0.423. The lowest BCUT2D eigenvalue weighted by atomic mass is 10.1. The Balaban J connectivity index is 1.43. The summed E-state index contributed by atoms with van der Waals surface area (Å²) < 4.78 is 38.8. The summed E-state index contributed by atoms with van der Waals surface area (Å²) in [7, 11) is -0.830. The van der Waals surface area contributed by atoms with Crippen molar-refractivity contribution in [2.75, 3.05) is 39.6 Å². The summed E-state index contributed by atoms with van der Waals surface area (Å²) in [5, 5.41) is 3.21. The molecule has 38 heavy (non-hydrogen) atoms. The number of hydrogen-bond donors (Lipinski definition) is 1. The first-order valence-electron chi connectivity index (χ1n) is 12.9. The van der Waals surface area contributed by atoms with Crippen molar-refractivity contribution >= 4 is 32.6 Å². The van der Waals surface area contributed by atoms with Crippen molar-refractivity contribution in [1.29, 1.82) is 0 Å². The van der Waals surface area contributed by atoms with E-state index in [9.17, 15) is 18.0 Å². The van der Waals surface area contributed by atoms with Crippen LogP contribution in [0.5, 0.6) is 11.5 Å². The van der Waals surface area contributed by atoms with Crippen molar-refractivity contribution in [3.8, 4) is 11.5 Å². The fraction of sp³-hybridized carbons (Fsp3) is 0.429. The van der Waals surface area contributed by atoms with Crippen molar-refractivity contribution in [1.82, 2.24) is 14.8 Å². The van der Waals surface area contributed by atoms with Crippen molar-refractivity contribution in [3.05, 3.63) is 54.2 Å². The number of fused-ring (bicyclic) bond motifs is 1. The number of carbonyl (C=O) groups is 2. The number of nitrogens with zero attached hydrogens (tertiary/aromatic N) is 2. The highest BCUT2D eigenvalue weighted by molar-refractivity contribution is 7.92. The summed E-state index contributed by atoms with van der Waals surface area (Å²) in [5.74, 6) is -0.0803. The average molecular weight is 542 g/mol. The van der Waals surface area contributed by atoms with E-state index in [1.54, 1.807) is 43.1 Å². The van der Waals surface area contributed by atoms with Crippen LogP contribution in [0.15, 0.2) is 53.6 Å². The van der Waals surface area contributed by atoms with E-state index in [0.717, 1.165) is 44.3 Å². The van der Waals surface area contributed by atoms with Crippen LogP contribution in [-0.2, 0) is 32.4 Å². The molecular formula is C28H35N3O6S. The van der Waals surface area contributed by atoms with Gasteiger partial charge in [-0.1, -0.05) is 37.1 Å². The maximum Gasteiger partial charge on any atom is 0.242 e. The molecule has 2 heterocycles. The van der Waals surface area contributed by atoms with Crippen molar-refractivity contribution < 1.29 is 27.5 Å². The first-order chi connectivity index (χ1) is 18.3. The summed E-state index contributed by atoms with van der Waals surface area (Å²) in [5.41, 5.74) is 1.58. The predicted molar refractivity (Wildman–Crippen MR) is 145 cm³/mol. The van der Waals surface area contributed by atoms with Gasteiger partial charge in [0.1, 0.15) is 12.3 Å². The van der Waals surface area contributed by atoms with Gasteiger partial charge in [0.25, 0.3) is 0 Å². The van der Waals surface area contributed by atoms with Gasteiger partial charge in [0.2, 0.25) is 11.8 Å². The number of carbonyl (C=O) groups excluding carboxylic acids is 2. The lowest BCUT2D eigenvalue weighted by Gasteiger charge is -2.20. The fourth-order valence-corrected chi connectivity index (χ4v) is 6.24. The van der Waals surface area contributed by atoms with Gasteiger partial charge in [-0.05, 0) is 43.0 Å². The minimum absolute atomic E-state index is 0.0236. The molecule has 0 atom stereocenters. The second kappa shape index (κ2) is 12.3. The number of methoxy groups -OCH3 is 2. The van der Waals surface area contributed by atoms with Crippen LogP contribution in [0.4, 0.5) is 0 Å². The third kappa shape index (κ3) is 6.48. The molecule has 0 unspecified atom stereocenters. The average Bonchev–Trinajstić information content (AvgIpc) is 3.07. The highest BCUT2D eigenvalue weighted by Crippen LogP contribution is 2.28. The predicted octanol–water partition coefficient (Wildman–Crippen LogP) is 3.19. The second-order valence-corrected chi connectivity index (χ2v) is 11.4. The number of benzene rings is 2. The highest BCUT2D eigenvalue weighted by Gasteiger charge is 2.25. The summed E-state index contributed by atoms with van der Waals surface area (Å²) in [6.07, 6.45) is 6.21. The molecule has 0 radical (unpaired) electrons. The van der Waals surface area contributed by atoms with E-state index in [2.05, 4.69) is 5.32 Å². The maximum absolute atomic E-state index is 13.3. The van der Waals surface area contributed by atoms with E-state index < -0.39 is 21.5 Å². The maximum atomic E-state index is 13.3. The number of para-hydroxylation sites is 1. The van der Waals surface area contributed by atoms with Gasteiger partial charge in [0.05, 0.1) is 19.1 Å². The number of amides is 2. The molecule has 1 aliphatic rings. The Kier molecular flexibility index (Phi) is 8.93. The van der Waals surface area contributed by atoms with Crippen LogP contribution in [0.2, 0.25) is 0 Å². The molecular weight excluding hydrogens is 506 g/mol. The second-order valence-electron chi connectivity index (χ2n) is 9.48. The number of hydrogen-bond acceptors (Lipinski definition) is 6. The molecule has 1 fully saturated rings. The first kappa shape index (κ1) is 27.5. The van der Waals surface area contributed by atoms with Gasteiger partial charge in [-0.3, -0.25) is 9.59 Å². The normalized spacial score (nSPS) is 14.2. The number of likely N-dealkylation sites (tertiary alicyclic amines) is 1. The van der Waals surface area contributed by atoms with Crippen molar-refractivity contribution in [2.45, 2.75) is 43.5 Å². The molecule has 1 aliphatic heterocycles. The number of ether oxygens (including phenoxy) is 2. The lowest BCUT2D eigenvalue weighted by Crippen LogP contribution is -2.34. The molecule has 1 saturated heterocycles. The standard InChI is InChI=1S/C28H35N3O6S/c1-36-24-12-11-21(17-25(24)37-2)13-14-29-27(32)20-38(34,35)26-18-31(23-10-6-5-9-22(23)26)19-28(33)30-15-7-3-4-8-16-30/h5-6,9-12,17-18H,3-4,7-8,13-16,19-20H2,1-2H3,(H,29,32). The molecule has 10 heteroatoms. The Morgan fingerprint density at radius 3 is 2.37 bits per heavy atom. The van der Waals surface area contributed by atoms with Gasteiger partial charge in [-0.25, -0.2) is 8.42 Å². The molecule has 0 aliphatic carbocycles. The van der Waals surface area contributed by atoms with Gasteiger partial charge in [0.15, 0.2) is 21.3 Å². The number of nitrogens with one attached hydrogen (secondary N) is 1.